The molecule has 0 saturated carbocycles. The van der Waals surface area contributed by atoms with Crippen LogP contribution in [0.3, 0.4) is 0 Å². The van der Waals surface area contributed by atoms with Gasteiger partial charge in [-0.1, -0.05) is 38.1 Å². The Balaban J connectivity index is 2.11. The van der Waals surface area contributed by atoms with Crippen LogP contribution in [0.4, 0.5) is 0 Å². The summed E-state index contributed by atoms with van der Waals surface area (Å²) in [5, 5.41) is 0. The molecule has 0 N–H and O–H groups in total. The predicted molar refractivity (Wildman–Crippen MR) is 100 cm³/mol. The lowest BCUT2D eigenvalue weighted by atomic mass is 9.80. The van der Waals surface area contributed by atoms with E-state index in [1.54, 1.807) is 24.3 Å². The zero-order valence-corrected chi connectivity index (χ0v) is 16.9. The molecule has 0 unspecified atom stereocenters. The Hall–Kier alpha value is -1.08. The summed E-state index contributed by atoms with van der Waals surface area (Å²) in [7, 11) is 3.20. The first kappa shape index (κ1) is 20.2. The summed E-state index contributed by atoms with van der Waals surface area (Å²) in [4.78, 5) is 0.155. The quantitative estimate of drug-likeness (QED) is 0.651. The highest BCUT2D eigenvalue weighted by molar-refractivity contribution is 8.14. The van der Waals surface area contributed by atoms with Gasteiger partial charge >= 0.3 is 0 Å². The van der Waals surface area contributed by atoms with Gasteiger partial charge in [0.25, 0.3) is 18.1 Å². The fourth-order valence-electron chi connectivity index (χ4n) is 2.71. The van der Waals surface area contributed by atoms with Crippen LogP contribution in [-0.2, 0) is 30.9 Å². The molecule has 0 radical (unpaired) electrons. The van der Waals surface area contributed by atoms with Crippen molar-refractivity contribution in [2.75, 3.05) is 0 Å². The Morgan fingerprint density at radius 1 is 0.680 bits per heavy atom. The van der Waals surface area contributed by atoms with Gasteiger partial charge in [-0.05, 0) is 53.6 Å². The zero-order valence-electron chi connectivity index (χ0n) is 13.7. The molecule has 0 aliphatic carbocycles. The third-order valence-corrected chi connectivity index (χ3v) is 6.51. The predicted octanol–water partition coefficient (Wildman–Crippen LogP) is 4.35. The van der Waals surface area contributed by atoms with Crippen LogP contribution in [0.2, 0.25) is 0 Å². The molecule has 0 amide bonds. The van der Waals surface area contributed by atoms with Crippen LogP contribution in [0.15, 0.2) is 58.3 Å². The van der Waals surface area contributed by atoms with Crippen molar-refractivity contribution in [2.24, 2.45) is 5.41 Å². The second-order valence-corrected chi connectivity index (χ2v) is 11.8. The van der Waals surface area contributed by atoms with Gasteiger partial charge in [-0.3, -0.25) is 0 Å². The van der Waals surface area contributed by atoms with E-state index in [-0.39, 0.29) is 15.2 Å². The molecule has 0 saturated heterocycles. The van der Waals surface area contributed by atoms with E-state index < -0.39 is 18.1 Å². The summed E-state index contributed by atoms with van der Waals surface area (Å²) < 4.78 is 45.1. The van der Waals surface area contributed by atoms with Gasteiger partial charge in [0, 0.05) is 21.4 Å². The van der Waals surface area contributed by atoms with E-state index in [2.05, 4.69) is 13.8 Å². The number of hydrogen-bond acceptors (Lipinski definition) is 4. The van der Waals surface area contributed by atoms with Gasteiger partial charge in [-0.15, -0.1) is 0 Å². The molecule has 0 aliphatic heterocycles. The Kier molecular flexibility index (Phi) is 5.88. The largest absolute Gasteiger partial charge is 0.261 e. The molecule has 136 valence electrons. The summed E-state index contributed by atoms with van der Waals surface area (Å²) in [6.07, 6.45) is 1.45. The highest BCUT2D eigenvalue weighted by Crippen LogP contribution is 2.28. The number of hydrogen-bond donors (Lipinski definition) is 0. The fraction of sp³-hybridized carbons (Fsp3) is 0.294. The van der Waals surface area contributed by atoms with Crippen molar-refractivity contribution in [3.8, 4) is 0 Å². The summed E-state index contributed by atoms with van der Waals surface area (Å²) in [6, 6.07) is 13.0. The molecule has 4 nitrogen and oxygen atoms in total. The van der Waals surface area contributed by atoms with Gasteiger partial charge in [0.05, 0.1) is 9.79 Å². The van der Waals surface area contributed by atoms with Crippen LogP contribution in [0.1, 0.15) is 25.0 Å². The third kappa shape index (κ3) is 5.99. The van der Waals surface area contributed by atoms with Crippen molar-refractivity contribution >= 4 is 39.5 Å². The molecule has 2 rings (SSSR count). The van der Waals surface area contributed by atoms with Crippen molar-refractivity contribution in [1.29, 1.82) is 0 Å². The molecule has 0 heterocycles. The minimum Gasteiger partial charge on any atom is -0.207 e. The average molecular weight is 421 g/mol. The van der Waals surface area contributed by atoms with Crippen LogP contribution >= 0.6 is 21.4 Å². The van der Waals surface area contributed by atoms with Gasteiger partial charge in [-0.2, -0.15) is 0 Å². The van der Waals surface area contributed by atoms with E-state index in [9.17, 15) is 16.8 Å². The second-order valence-electron chi connectivity index (χ2n) is 6.68. The summed E-state index contributed by atoms with van der Waals surface area (Å²) in [5.41, 5.74) is 1.88. The second kappa shape index (κ2) is 7.27. The van der Waals surface area contributed by atoms with Gasteiger partial charge in [0.15, 0.2) is 0 Å². The first-order valence-corrected chi connectivity index (χ1v) is 12.1. The maximum absolute atomic E-state index is 11.3. The first-order chi connectivity index (χ1) is 11.4. The van der Waals surface area contributed by atoms with Gasteiger partial charge in [0.2, 0.25) is 0 Å². The normalized spacial score (nSPS) is 13.0. The van der Waals surface area contributed by atoms with Gasteiger partial charge in [0.1, 0.15) is 0 Å². The third-order valence-electron chi connectivity index (χ3n) is 3.78. The summed E-state index contributed by atoms with van der Waals surface area (Å²) >= 11 is 0. The van der Waals surface area contributed by atoms with Crippen molar-refractivity contribution < 1.29 is 16.8 Å². The smallest absolute Gasteiger partial charge is 0.207 e. The Labute approximate surface area is 157 Å². The molecule has 0 aliphatic rings. The molecule has 0 bridgehead atoms. The van der Waals surface area contributed by atoms with E-state index in [1.807, 2.05) is 0 Å². The van der Waals surface area contributed by atoms with Crippen LogP contribution in [-0.4, -0.2) is 16.8 Å². The van der Waals surface area contributed by atoms with E-state index in [4.69, 9.17) is 21.4 Å². The monoisotopic (exact) mass is 420 g/mol. The van der Waals surface area contributed by atoms with Gasteiger partial charge < -0.3 is 0 Å². The molecular weight excluding hydrogens is 403 g/mol. The molecule has 25 heavy (non-hydrogen) atoms. The van der Waals surface area contributed by atoms with Crippen LogP contribution in [0, 0.1) is 5.41 Å². The van der Waals surface area contributed by atoms with Gasteiger partial charge in [-0.25, -0.2) is 16.8 Å². The number of rotatable bonds is 6. The van der Waals surface area contributed by atoms with Crippen LogP contribution in [0.25, 0.3) is 0 Å². The topological polar surface area (TPSA) is 68.3 Å². The van der Waals surface area contributed by atoms with E-state index in [0.29, 0.717) is 0 Å². The van der Waals surface area contributed by atoms with E-state index in [1.165, 1.54) is 24.3 Å². The number of halogens is 2. The standard InChI is InChI=1S/C17H18Cl2O4S2/c1-17(2,11-13-3-7-15(8-4-13)24(18,20)21)12-14-5-9-16(10-6-14)25(19,22)23/h3-10H,11-12H2,1-2H3. The molecule has 2 aromatic carbocycles. The van der Waals surface area contributed by atoms with E-state index >= 15 is 0 Å². The van der Waals surface area contributed by atoms with Crippen molar-refractivity contribution in [3.05, 3.63) is 59.7 Å². The molecule has 0 atom stereocenters. The lowest BCUT2D eigenvalue weighted by molar-refractivity contribution is 0.361. The van der Waals surface area contributed by atoms with E-state index in [0.717, 1.165) is 24.0 Å². The lowest BCUT2D eigenvalue weighted by Crippen LogP contribution is -2.18. The maximum atomic E-state index is 11.3. The molecule has 0 aromatic heterocycles. The lowest BCUT2D eigenvalue weighted by Gasteiger charge is -2.25. The molecule has 8 heteroatoms. The summed E-state index contributed by atoms with van der Waals surface area (Å²) in [6.45, 7) is 4.18. The molecule has 0 spiro atoms. The molecular formula is C17H18Cl2O4S2. The number of benzene rings is 2. The van der Waals surface area contributed by atoms with Crippen molar-refractivity contribution in [3.63, 3.8) is 0 Å². The highest BCUT2D eigenvalue weighted by Gasteiger charge is 2.20. The Morgan fingerprint density at radius 2 is 0.960 bits per heavy atom. The summed E-state index contributed by atoms with van der Waals surface area (Å²) in [5.74, 6) is 0. The minimum atomic E-state index is -3.72. The Morgan fingerprint density at radius 3 is 1.20 bits per heavy atom. The van der Waals surface area contributed by atoms with Crippen LogP contribution < -0.4 is 0 Å². The average Bonchev–Trinajstić information content (AvgIpc) is 2.45. The van der Waals surface area contributed by atoms with Crippen LogP contribution in [0.5, 0.6) is 0 Å². The highest BCUT2D eigenvalue weighted by atomic mass is 35.7. The van der Waals surface area contributed by atoms with Crippen molar-refractivity contribution in [2.45, 2.75) is 36.5 Å². The first-order valence-electron chi connectivity index (χ1n) is 7.44. The molecule has 0 fully saturated rings. The minimum absolute atomic E-state index is 0.0774. The SMILES string of the molecule is CC(C)(Cc1ccc(S(=O)(=O)Cl)cc1)Cc1ccc(S(=O)(=O)Cl)cc1. The zero-order chi connectivity index (χ0) is 18.9. The Bertz CT molecular complexity index is 867. The maximum Gasteiger partial charge on any atom is 0.261 e. The molecule has 2 aromatic rings. The fourth-order valence-corrected chi connectivity index (χ4v) is 4.25. The van der Waals surface area contributed by atoms with Crippen molar-refractivity contribution in [1.82, 2.24) is 0 Å².